The van der Waals surface area contributed by atoms with Gasteiger partial charge in [-0.3, -0.25) is 4.79 Å². The Balaban J connectivity index is 1.84. The first-order valence-corrected chi connectivity index (χ1v) is 8.37. The van der Waals surface area contributed by atoms with Crippen molar-refractivity contribution < 1.29 is 4.79 Å². The zero-order valence-electron chi connectivity index (χ0n) is 13.2. The molecule has 0 bridgehead atoms. The van der Waals surface area contributed by atoms with E-state index in [2.05, 4.69) is 46.9 Å². The van der Waals surface area contributed by atoms with Crippen molar-refractivity contribution in [3.63, 3.8) is 0 Å². The summed E-state index contributed by atoms with van der Waals surface area (Å²) < 4.78 is 0.961. The van der Waals surface area contributed by atoms with Gasteiger partial charge >= 0.3 is 0 Å². The smallest absolute Gasteiger partial charge is 0.164 e. The van der Waals surface area contributed by atoms with Crippen LogP contribution in [-0.2, 0) is 0 Å². The van der Waals surface area contributed by atoms with E-state index in [9.17, 15) is 4.79 Å². The van der Waals surface area contributed by atoms with Gasteiger partial charge in [0.25, 0.3) is 0 Å². The normalized spacial score (nSPS) is 17.0. The van der Waals surface area contributed by atoms with Crippen LogP contribution >= 0.6 is 15.9 Å². The highest BCUT2D eigenvalue weighted by molar-refractivity contribution is 9.10. The van der Waals surface area contributed by atoms with Crippen molar-refractivity contribution in [3.05, 3.63) is 34.3 Å². The van der Waals surface area contributed by atoms with Gasteiger partial charge in [0, 0.05) is 35.1 Å². The zero-order valence-corrected chi connectivity index (χ0v) is 14.8. The van der Waals surface area contributed by atoms with Gasteiger partial charge in [-0.1, -0.05) is 28.1 Å². The van der Waals surface area contributed by atoms with E-state index in [0.717, 1.165) is 23.1 Å². The molecule has 0 radical (unpaired) electrons. The van der Waals surface area contributed by atoms with Crippen LogP contribution in [0.4, 0.5) is 0 Å². The summed E-state index contributed by atoms with van der Waals surface area (Å²) in [6, 6.07) is 7.65. The van der Waals surface area contributed by atoms with E-state index >= 15 is 0 Å². The quantitative estimate of drug-likeness (QED) is 0.702. The summed E-state index contributed by atoms with van der Waals surface area (Å²) >= 11 is 3.41. The third kappa shape index (κ3) is 4.15. The SMILES string of the molecule is CN(CCC(=O)c1cccc(Br)c1)CC1(N(C)C)CCC1. The van der Waals surface area contributed by atoms with Crippen LogP contribution in [0.1, 0.15) is 36.0 Å². The third-order valence-corrected chi connectivity index (χ3v) is 5.16. The molecular weight excluding hydrogens is 328 g/mol. The van der Waals surface area contributed by atoms with Gasteiger partial charge in [-0.15, -0.1) is 0 Å². The fraction of sp³-hybridized carbons (Fsp3) is 0.588. The molecule has 21 heavy (non-hydrogen) atoms. The van der Waals surface area contributed by atoms with Gasteiger partial charge in [-0.2, -0.15) is 0 Å². The molecule has 1 aromatic carbocycles. The lowest BCUT2D eigenvalue weighted by atomic mass is 9.75. The van der Waals surface area contributed by atoms with Crippen molar-refractivity contribution >= 4 is 21.7 Å². The van der Waals surface area contributed by atoms with Crippen LogP contribution in [0.15, 0.2) is 28.7 Å². The zero-order chi connectivity index (χ0) is 15.5. The Morgan fingerprint density at radius 2 is 2.00 bits per heavy atom. The summed E-state index contributed by atoms with van der Waals surface area (Å²) in [6.45, 7) is 1.87. The Morgan fingerprint density at radius 1 is 1.29 bits per heavy atom. The van der Waals surface area contributed by atoms with Crippen molar-refractivity contribution in [2.24, 2.45) is 0 Å². The summed E-state index contributed by atoms with van der Waals surface area (Å²) in [6.07, 6.45) is 4.44. The standard InChI is InChI=1S/C17H25BrN2O/c1-19(2)17(9-5-10-17)13-20(3)11-8-16(21)14-6-4-7-15(18)12-14/h4,6-7,12H,5,8-11,13H2,1-3H3. The van der Waals surface area contributed by atoms with E-state index < -0.39 is 0 Å². The second kappa shape index (κ2) is 7.03. The summed E-state index contributed by atoms with van der Waals surface area (Å²) in [5.74, 6) is 0.218. The van der Waals surface area contributed by atoms with Crippen LogP contribution in [0.25, 0.3) is 0 Å². The maximum Gasteiger partial charge on any atom is 0.164 e. The van der Waals surface area contributed by atoms with Crippen LogP contribution in [0, 0.1) is 0 Å². The van der Waals surface area contributed by atoms with Gasteiger partial charge < -0.3 is 9.80 Å². The number of nitrogens with zero attached hydrogens (tertiary/aromatic N) is 2. The van der Waals surface area contributed by atoms with E-state index in [1.807, 2.05) is 24.3 Å². The molecule has 1 aliphatic carbocycles. The lowest BCUT2D eigenvalue weighted by Gasteiger charge is -2.49. The third-order valence-electron chi connectivity index (χ3n) is 4.66. The maximum atomic E-state index is 12.2. The molecule has 116 valence electrons. The van der Waals surface area contributed by atoms with Crippen LogP contribution in [0.3, 0.4) is 0 Å². The first-order valence-electron chi connectivity index (χ1n) is 7.58. The van der Waals surface area contributed by atoms with Crippen molar-refractivity contribution in [3.8, 4) is 0 Å². The van der Waals surface area contributed by atoms with Crippen molar-refractivity contribution in [1.29, 1.82) is 0 Å². The highest BCUT2D eigenvalue weighted by atomic mass is 79.9. The first kappa shape index (κ1) is 16.7. The number of hydrogen-bond donors (Lipinski definition) is 0. The molecule has 0 amide bonds. The molecule has 3 nitrogen and oxygen atoms in total. The Bertz CT molecular complexity index is 497. The maximum absolute atomic E-state index is 12.2. The molecule has 2 rings (SSSR count). The van der Waals surface area contributed by atoms with E-state index in [-0.39, 0.29) is 5.78 Å². The fourth-order valence-corrected chi connectivity index (χ4v) is 3.41. The highest BCUT2D eigenvalue weighted by Crippen LogP contribution is 2.36. The van der Waals surface area contributed by atoms with E-state index in [0.29, 0.717) is 12.0 Å². The van der Waals surface area contributed by atoms with Gasteiger partial charge in [0.2, 0.25) is 0 Å². The molecule has 0 spiro atoms. The highest BCUT2D eigenvalue weighted by Gasteiger charge is 2.39. The minimum absolute atomic E-state index is 0.218. The molecule has 0 heterocycles. The monoisotopic (exact) mass is 352 g/mol. The van der Waals surface area contributed by atoms with Crippen LogP contribution in [-0.4, -0.2) is 55.4 Å². The number of carbonyl (C=O) groups excluding carboxylic acids is 1. The number of ketones is 1. The van der Waals surface area contributed by atoms with Crippen LogP contribution < -0.4 is 0 Å². The number of Topliss-reactive ketones (excluding diaryl/α,β-unsaturated/α-hetero) is 1. The number of rotatable bonds is 7. The van der Waals surface area contributed by atoms with Crippen LogP contribution in [0.5, 0.6) is 0 Å². The molecule has 1 saturated carbocycles. The molecule has 1 aliphatic rings. The molecule has 0 saturated heterocycles. The Morgan fingerprint density at radius 3 is 2.52 bits per heavy atom. The molecule has 0 N–H and O–H groups in total. The molecule has 0 aliphatic heterocycles. The predicted octanol–water partition coefficient (Wildman–Crippen LogP) is 3.44. The molecule has 1 fully saturated rings. The van der Waals surface area contributed by atoms with E-state index in [1.54, 1.807) is 0 Å². The lowest BCUT2D eigenvalue weighted by Crippen LogP contribution is -2.56. The largest absolute Gasteiger partial charge is 0.304 e. The minimum Gasteiger partial charge on any atom is -0.304 e. The van der Waals surface area contributed by atoms with Crippen LogP contribution in [0.2, 0.25) is 0 Å². The van der Waals surface area contributed by atoms with Gasteiger partial charge in [0.05, 0.1) is 0 Å². The number of halogens is 1. The summed E-state index contributed by atoms with van der Waals surface area (Å²) in [5.41, 5.74) is 1.12. The average molecular weight is 353 g/mol. The molecule has 4 heteroatoms. The predicted molar refractivity (Wildman–Crippen MR) is 90.9 cm³/mol. The molecular formula is C17H25BrN2O. The number of likely N-dealkylation sites (N-methyl/N-ethyl adjacent to an activating group) is 2. The van der Waals surface area contributed by atoms with Crippen molar-refractivity contribution in [2.45, 2.75) is 31.2 Å². The number of benzene rings is 1. The van der Waals surface area contributed by atoms with E-state index in [4.69, 9.17) is 0 Å². The van der Waals surface area contributed by atoms with Gasteiger partial charge in [0.15, 0.2) is 5.78 Å². The lowest BCUT2D eigenvalue weighted by molar-refractivity contribution is 0.0276. The van der Waals surface area contributed by atoms with Gasteiger partial charge in [0.1, 0.15) is 0 Å². The molecule has 1 aromatic rings. The Hall–Kier alpha value is -0.710. The minimum atomic E-state index is 0.218. The first-order chi connectivity index (χ1) is 9.93. The van der Waals surface area contributed by atoms with Crippen molar-refractivity contribution in [1.82, 2.24) is 9.80 Å². The van der Waals surface area contributed by atoms with Gasteiger partial charge in [-0.25, -0.2) is 0 Å². The number of hydrogen-bond acceptors (Lipinski definition) is 3. The van der Waals surface area contributed by atoms with Crippen molar-refractivity contribution in [2.75, 3.05) is 34.2 Å². The van der Waals surface area contributed by atoms with Gasteiger partial charge in [-0.05, 0) is 52.5 Å². The molecule has 0 unspecified atom stereocenters. The Kier molecular flexibility index (Phi) is 5.58. The Labute approximate surface area is 136 Å². The van der Waals surface area contributed by atoms with E-state index in [1.165, 1.54) is 19.3 Å². The molecule has 0 atom stereocenters. The topological polar surface area (TPSA) is 23.6 Å². The second-order valence-electron chi connectivity index (χ2n) is 6.39. The average Bonchev–Trinajstić information content (AvgIpc) is 2.39. The number of carbonyl (C=O) groups is 1. The second-order valence-corrected chi connectivity index (χ2v) is 7.31. The summed E-state index contributed by atoms with van der Waals surface area (Å²) in [7, 11) is 6.46. The summed E-state index contributed by atoms with van der Waals surface area (Å²) in [5, 5.41) is 0. The fourth-order valence-electron chi connectivity index (χ4n) is 3.01. The summed E-state index contributed by atoms with van der Waals surface area (Å²) in [4.78, 5) is 16.9. The molecule has 0 aromatic heterocycles.